The van der Waals surface area contributed by atoms with E-state index in [1.165, 1.54) is 0 Å². The number of fused-ring (bicyclic) bond motifs is 1. The second kappa shape index (κ2) is 6.01. The lowest BCUT2D eigenvalue weighted by atomic mass is 10.1. The van der Waals surface area contributed by atoms with Gasteiger partial charge in [0.25, 0.3) is 0 Å². The summed E-state index contributed by atoms with van der Waals surface area (Å²) in [4.78, 5) is 4.30. The van der Waals surface area contributed by atoms with Gasteiger partial charge in [0.1, 0.15) is 0 Å². The van der Waals surface area contributed by atoms with Crippen LogP contribution in [0, 0.1) is 0 Å². The molecule has 2 heterocycles. The Morgan fingerprint density at radius 2 is 2.10 bits per heavy atom. The molecule has 0 radical (unpaired) electrons. The molecule has 0 amide bonds. The van der Waals surface area contributed by atoms with Gasteiger partial charge in [0, 0.05) is 36.2 Å². The molecule has 0 aliphatic heterocycles. The molecule has 1 N–H and O–H groups in total. The molecule has 108 valence electrons. The zero-order chi connectivity index (χ0) is 14.7. The highest BCUT2D eigenvalue weighted by Crippen LogP contribution is 2.22. The number of pyridine rings is 1. The minimum absolute atomic E-state index is 0.459. The van der Waals surface area contributed by atoms with Gasteiger partial charge in [-0.05, 0) is 24.3 Å². The molecule has 0 bridgehead atoms. The molecule has 5 heteroatoms. The third kappa shape index (κ3) is 3.25. The molecule has 3 rings (SSSR count). The van der Waals surface area contributed by atoms with E-state index in [0.29, 0.717) is 17.8 Å². The van der Waals surface area contributed by atoms with E-state index in [-0.39, 0.29) is 0 Å². The molecule has 1 aromatic carbocycles. The molecule has 0 unspecified atom stereocenters. The van der Waals surface area contributed by atoms with Gasteiger partial charge in [0.05, 0.1) is 5.52 Å². The first-order valence-corrected chi connectivity index (χ1v) is 7.13. The molecule has 0 fully saturated rings. The fourth-order valence-corrected chi connectivity index (χ4v) is 2.15. The van der Waals surface area contributed by atoms with Crippen LogP contribution < -0.4 is 5.32 Å². The Morgan fingerprint density at radius 1 is 1.19 bits per heavy atom. The minimum Gasteiger partial charge on any atom is -0.421 e. The summed E-state index contributed by atoms with van der Waals surface area (Å²) in [6.07, 6.45) is 2.52. The average Bonchev–Trinajstić information content (AvgIpc) is 2.95. The van der Waals surface area contributed by atoms with Gasteiger partial charge in [-0.3, -0.25) is 4.98 Å². The Labute approximate surface area is 123 Å². The maximum Gasteiger partial charge on any atom is 0.247 e. The van der Waals surface area contributed by atoms with Crippen LogP contribution in [0.3, 0.4) is 0 Å². The van der Waals surface area contributed by atoms with E-state index in [4.69, 9.17) is 4.42 Å². The molecule has 0 spiro atoms. The van der Waals surface area contributed by atoms with Crippen molar-refractivity contribution in [1.82, 2.24) is 20.5 Å². The van der Waals surface area contributed by atoms with Gasteiger partial charge in [0.15, 0.2) is 0 Å². The van der Waals surface area contributed by atoms with Crippen LogP contribution in [-0.2, 0) is 6.42 Å². The summed E-state index contributed by atoms with van der Waals surface area (Å²) in [5, 5.41) is 12.6. The molecule has 0 aliphatic rings. The smallest absolute Gasteiger partial charge is 0.247 e. The highest BCUT2D eigenvalue weighted by atomic mass is 16.4. The zero-order valence-electron chi connectivity index (χ0n) is 12.2. The normalized spacial score (nSPS) is 11.4. The van der Waals surface area contributed by atoms with Crippen molar-refractivity contribution in [1.29, 1.82) is 0 Å². The van der Waals surface area contributed by atoms with Gasteiger partial charge in [-0.2, -0.15) is 0 Å². The van der Waals surface area contributed by atoms with Crippen molar-refractivity contribution in [2.24, 2.45) is 0 Å². The number of rotatable bonds is 5. The average molecular weight is 282 g/mol. The van der Waals surface area contributed by atoms with Crippen molar-refractivity contribution in [3.63, 3.8) is 0 Å². The number of aromatic nitrogens is 3. The molecular formula is C16H18N4O. The SMILES string of the molecule is CC(C)NCCc1nnc(-c2ccc3ncccc3c2)o1. The Bertz CT molecular complexity index is 736. The van der Waals surface area contributed by atoms with Crippen molar-refractivity contribution < 1.29 is 4.42 Å². The van der Waals surface area contributed by atoms with Crippen LogP contribution >= 0.6 is 0 Å². The second-order valence-corrected chi connectivity index (χ2v) is 5.27. The Morgan fingerprint density at radius 3 is 2.95 bits per heavy atom. The van der Waals surface area contributed by atoms with E-state index in [9.17, 15) is 0 Å². The third-order valence-electron chi connectivity index (χ3n) is 3.21. The molecule has 2 aromatic heterocycles. The van der Waals surface area contributed by atoms with Gasteiger partial charge in [-0.1, -0.05) is 19.9 Å². The van der Waals surface area contributed by atoms with Crippen molar-refractivity contribution >= 4 is 10.9 Å². The van der Waals surface area contributed by atoms with E-state index in [1.807, 2.05) is 30.3 Å². The van der Waals surface area contributed by atoms with Crippen molar-refractivity contribution in [3.05, 3.63) is 42.4 Å². The maximum atomic E-state index is 5.72. The zero-order valence-corrected chi connectivity index (χ0v) is 12.2. The van der Waals surface area contributed by atoms with Crippen molar-refractivity contribution in [2.45, 2.75) is 26.3 Å². The van der Waals surface area contributed by atoms with Gasteiger partial charge < -0.3 is 9.73 Å². The Balaban J connectivity index is 1.77. The number of nitrogens with one attached hydrogen (secondary N) is 1. The summed E-state index contributed by atoms with van der Waals surface area (Å²) in [6.45, 7) is 5.06. The molecule has 5 nitrogen and oxygen atoms in total. The number of hydrogen-bond donors (Lipinski definition) is 1. The Kier molecular flexibility index (Phi) is 3.92. The molecule has 21 heavy (non-hydrogen) atoms. The predicted molar refractivity (Wildman–Crippen MR) is 81.9 cm³/mol. The summed E-state index contributed by atoms with van der Waals surface area (Å²) < 4.78 is 5.72. The maximum absolute atomic E-state index is 5.72. The standard InChI is InChI=1S/C16H18N4O/c1-11(2)17-9-7-15-19-20-16(21-15)13-5-6-14-12(10-13)4-3-8-18-14/h3-6,8,10-11,17H,7,9H2,1-2H3. The quantitative estimate of drug-likeness (QED) is 0.779. The van der Waals surface area contributed by atoms with Crippen LogP contribution in [0.25, 0.3) is 22.4 Å². The van der Waals surface area contributed by atoms with Gasteiger partial charge in [0.2, 0.25) is 11.8 Å². The van der Waals surface area contributed by atoms with Crippen molar-refractivity contribution in [2.75, 3.05) is 6.54 Å². The summed E-state index contributed by atoms with van der Waals surface area (Å²) in [6, 6.07) is 10.3. The lowest BCUT2D eigenvalue weighted by molar-refractivity contribution is 0.484. The predicted octanol–water partition coefficient (Wildman–Crippen LogP) is 2.83. The lowest BCUT2D eigenvalue weighted by Gasteiger charge is -2.04. The first kappa shape index (κ1) is 13.7. The molecule has 0 saturated carbocycles. The third-order valence-corrected chi connectivity index (χ3v) is 3.21. The second-order valence-electron chi connectivity index (χ2n) is 5.27. The van der Waals surface area contributed by atoms with E-state index < -0.39 is 0 Å². The highest BCUT2D eigenvalue weighted by Gasteiger charge is 2.09. The number of nitrogens with zero attached hydrogens (tertiary/aromatic N) is 3. The Hall–Kier alpha value is -2.27. The van der Waals surface area contributed by atoms with Crippen molar-refractivity contribution in [3.8, 4) is 11.5 Å². The molecule has 0 saturated heterocycles. The minimum atomic E-state index is 0.459. The van der Waals surface area contributed by atoms with Gasteiger partial charge in [-0.15, -0.1) is 10.2 Å². The van der Waals surface area contributed by atoms with Crippen LogP contribution in [0.4, 0.5) is 0 Å². The molecule has 3 aromatic rings. The van der Waals surface area contributed by atoms with Crippen LogP contribution in [0.2, 0.25) is 0 Å². The summed E-state index contributed by atoms with van der Waals surface area (Å²) in [5.41, 5.74) is 1.88. The van der Waals surface area contributed by atoms with E-state index in [1.54, 1.807) is 6.20 Å². The summed E-state index contributed by atoms with van der Waals surface area (Å²) in [7, 11) is 0. The first-order valence-electron chi connectivity index (χ1n) is 7.13. The number of benzene rings is 1. The van der Waals surface area contributed by atoms with E-state index in [0.717, 1.165) is 29.4 Å². The topological polar surface area (TPSA) is 63.8 Å². The van der Waals surface area contributed by atoms with E-state index >= 15 is 0 Å². The largest absolute Gasteiger partial charge is 0.421 e. The van der Waals surface area contributed by atoms with Gasteiger partial charge >= 0.3 is 0 Å². The molecule has 0 atom stereocenters. The highest BCUT2D eigenvalue weighted by molar-refractivity contribution is 5.82. The van der Waals surface area contributed by atoms with Gasteiger partial charge in [-0.25, -0.2) is 0 Å². The summed E-state index contributed by atoms with van der Waals surface area (Å²) in [5.74, 6) is 1.21. The fraction of sp³-hybridized carbons (Fsp3) is 0.312. The summed E-state index contributed by atoms with van der Waals surface area (Å²) >= 11 is 0. The molecule has 0 aliphatic carbocycles. The lowest BCUT2D eigenvalue weighted by Crippen LogP contribution is -2.25. The van der Waals surface area contributed by atoms with Crippen LogP contribution in [0.15, 0.2) is 40.9 Å². The van der Waals surface area contributed by atoms with Crippen LogP contribution in [-0.4, -0.2) is 27.8 Å². The first-order chi connectivity index (χ1) is 10.2. The van der Waals surface area contributed by atoms with Crippen LogP contribution in [0.5, 0.6) is 0 Å². The number of hydrogen-bond acceptors (Lipinski definition) is 5. The van der Waals surface area contributed by atoms with Crippen LogP contribution in [0.1, 0.15) is 19.7 Å². The fourth-order valence-electron chi connectivity index (χ4n) is 2.15. The van der Waals surface area contributed by atoms with E-state index in [2.05, 4.69) is 34.3 Å². The monoisotopic (exact) mass is 282 g/mol. The molecular weight excluding hydrogens is 264 g/mol.